The standard InChI is InChI=1S/C19H17NO3/c1-2-5-17(6-3-1)23-18-10-8-16(9-11-18)21-13-14-22-19-7-4-12-20-15-19/h1-12,15H,13-14H2. The van der Waals surface area contributed by atoms with Crippen LogP contribution in [-0.2, 0) is 0 Å². The number of nitrogens with zero attached hydrogens (tertiary/aromatic N) is 1. The number of hydrogen-bond acceptors (Lipinski definition) is 4. The van der Waals surface area contributed by atoms with Crippen molar-refractivity contribution >= 4 is 0 Å². The van der Waals surface area contributed by atoms with E-state index in [1.165, 1.54) is 0 Å². The number of hydrogen-bond donors (Lipinski definition) is 0. The fraction of sp³-hybridized carbons (Fsp3) is 0.105. The normalized spacial score (nSPS) is 10.1. The minimum atomic E-state index is 0.466. The summed E-state index contributed by atoms with van der Waals surface area (Å²) < 4.78 is 16.9. The molecule has 0 amide bonds. The lowest BCUT2D eigenvalue weighted by molar-refractivity contribution is 0.216. The highest BCUT2D eigenvalue weighted by atomic mass is 16.5. The van der Waals surface area contributed by atoms with Crippen LogP contribution in [0.2, 0.25) is 0 Å². The third kappa shape index (κ3) is 4.74. The molecule has 0 bridgehead atoms. The molecule has 2 aromatic carbocycles. The average Bonchev–Trinajstić information content (AvgIpc) is 2.62. The van der Waals surface area contributed by atoms with Gasteiger partial charge in [0.05, 0.1) is 6.20 Å². The Balaban J connectivity index is 1.44. The van der Waals surface area contributed by atoms with Gasteiger partial charge in [-0.1, -0.05) is 18.2 Å². The van der Waals surface area contributed by atoms with Crippen molar-refractivity contribution in [2.45, 2.75) is 0 Å². The lowest BCUT2D eigenvalue weighted by Gasteiger charge is -2.09. The molecule has 3 aromatic rings. The van der Waals surface area contributed by atoms with Crippen LogP contribution < -0.4 is 14.2 Å². The van der Waals surface area contributed by atoms with E-state index in [-0.39, 0.29) is 0 Å². The van der Waals surface area contributed by atoms with Crippen molar-refractivity contribution in [2.24, 2.45) is 0 Å². The van der Waals surface area contributed by atoms with Crippen molar-refractivity contribution in [1.29, 1.82) is 0 Å². The van der Waals surface area contributed by atoms with Crippen molar-refractivity contribution in [3.05, 3.63) is 79.1 Å². The molecular formula is C19H17NO3. The quantitative estimate of drug-likeness (QED) is 0.609. The minimum Gasteiger partial charge on any atom is -0.490 e. The monoisotopic (exact) mass is 307 g/mol. The second-order valence-electron chi connectivity index (χ2n) is 4.77. The van der Waals surface area contributed by atoms with Gasteiger partial charge < -0.3 is 14.2 Å². The van der Waals surface area contributed by atoms with Crippen LogP contribution in [0.5, 0.6) is 23.0 Å². The number of aromatic nitrogens is 1. The molecule has 23 heavy (non-hydrogen) atoms. The fourth-order valence-electron chi connectivity index (χ4n) is 1.98. The maximum Gasteiger partial charge on any atom is 0.137 e. The molecule has 4 nitrogen and oxygen atoms in total. The molecule has 0 radical (unpaired) electrons. The van der Waals surface area contributed by atoms with Crippen molar-refractivity contribution in [3.63, 3.8) is 0 Å². The molecule has 0 atom stereocenters. The molecule has 0 saturated heterocycles. The zero-order valence-electron chi connectivity index (χ0n) is 12.6. The van der Waals surface area contributed by atoms with E-state index in [1.54, 1.807) is 12.4 Å². The van der Waals surface area contributed by atoms with Crippen molar-refractivity contribution < 1.29 is 14.2 Å². The average molecular weight is 307 g/mol. The van der Waals surface area contributed by atoms with Gasteiger partial charge in [0.1, 0.15) is 36.2 Å². The number of para-hydroxylation sites is 1. The third-order valence-electron chi connectivity index (χ3n) is 3.06. The highest BCUT2D eigenvalue weighted by Crippen LogP contribution is 2.23. The van der Waals surface area contributed by atoms with Gasteiger partial charge in [0, 0.05) is 6.20 Å². The van der Waals surface area contributed by atoms with E-state index in [4.69, 9.17) is 14.2 Å². The van der Waals surface area contributed by atoms with E-state index in [9.17, 15) is 0 Å². The van der Waals surface area contributed by atoms with Gasteiger partial charge in [-0.05, 0) is 48.5 Å². The van der Waals surface area contributed by atoms with E-state index >= 15 is 0 Å². The molecule has 0 saturated carbocycles. The van der Waals surface area contributed by atoms with E-state index in [1.807, 2.05) is 66.7 Å². The Hall–Kier alpha value is -3.01. The number of rotatable bonds is 7. The van der Waals surface area contributed by atoms with Crippen LogP contribution in [0.15, 0.2) is 79.1 Å². The predicted molar refractivity (Wildman–Crippen MR) is 88.2 cm³/mol. The Morgan fingerprint density at radius 1 is 0.609 bits per heavy atom. The van der Waals surface area contributed by atoms with Gasteiger partial charge in [0.25, 0.3) is 0 Å². The zero-order chi connectivity index (χ0) is 15.7. The molecule has 0 aliphatic heterocycles. The topological polar surface area (TPSA) is 40.6 Å². The van der Waals surface area contributed by atoms with Crippen molar-refractivity contribution in [1.82, 2.24) is 4.98 Å². The summed E-state index contributed by atoms with van der Waals surface area (Å²) in [5, 5.41) is 0. The minimum absolute atomic E-state index is 0.466. The molecule has 1 aromatic heterocycles. The van der Waals surface area contributed by atoms with Gasteiger partial charge in [-0.2, -0.15) is 0 Å². The largest absolute Gasteiger partial charge is 0.490 e. The third-order valence-corrected chi connectivity index (χ3v) is 3.06. The molecule has 4 heteroatoms. The lowest BCUT2D eigenvalue weighted by Crippen LogP contribution is -2.08. The highest BCUT2D eigenvalue weighted by Gasteiger charge is 1.99. The molecule has 0 spiro atoms. The Morgan fingerprint density at radius 3 is 1.91 bits per heavy atom. The summed E-state index contributed by atoms with van der Waals surface area (Å²) in [6.07, 6.45) is 3.39. The molecule has 0 N–H and O–H groups in total. The second kappa shape index (κ2) is 7.84. The number of benzene rings is 2. The molecule has 1 heterocycles. The van der Waals surface area contributed by atoms with Crippen molar-refractivity contribution in [3.8, 4) is 23.0 Å². The maximum absolute atomic E-state index is 5.73. The number of pyridine rings is 1. The molecule has 0 aliphatic rings. The summed E-state index contributed by atoms with van der Waals surface area (Å²) in [6, 6.07) is 20.9. The van der Waals surface area contributed by atoms with E-state index in [0.29, 0.717) is 13.2 Å². The van der Waals surface area contributed by atoms with E-state index in [2.05, 4.69) is 4.98 Å². The first kappa shape index (κ1) is 14.9. The fourth-order valence-corrected chi connectivity index (χ4v) is 1.98. The molecule has 0 unspecified atom stereocenters. The van der Waals surface area contributed by atoms with Gasteiger partial charge in [-0.3, -0.25) is 4.98 Å². The first-order valence-corrected chi connectivity index (χ1v) is 7.39. The smallest absolute Gasteiger partial charge is 0.137 e. The predicted octanol–water partition coefficient (Wildman–Crippen LogP) is 4.33. The van der Waals surface area contributed by atoms with E-state index < -0.39 is 0 Å². The van der Waals surface area contributed by atoms with E-state index in [0.717, 1.165) is 23.0 Å². The SMILES string of the molecule is c1ccc(Oc2ccc(OCCOc3cccnc3)cc2)cc1. The summed E-state index contributed by atoms with van der Waals surface area (Å²) >= 11 is 0. The van der Waals surface area contributed by atoms with Crippen LogP contribution in [0, 0.1) is 0 Å². The number of ether oxygens (including phenoxy) is 3. The molecule has 0 fully saturated rings. The van der Waals surface area contributed by atoms with Gasteiger partial charge in [-0.25, -0.2) is 0 Å². The zero-order valence-corrected chi connectivity index (χ0v) is 12.6. The summed E-state index contributed by atoms with van der Waals surface area (Å²) in [5.41, 5.74) is 0. The second-order valence-corrected chi connectivity index (χ2v) is 4.77. The summed E-state index contributed by atoms with van der Waals surface area (Å²) in [7, 11) is 0. The Bertz CT molecular complexity index is 700. The molecule has 3 rings (SSSR count). The molecular weight excluding hydrogens is 290 g/mol. The Kier molecular flexibility index (Phi) is 5.08. The van der Waals surface area contributed by atoms with Gasteiger partial charge >= 0.3 is 0 Å². The van der Waals surface area contributed by atoms with Gasteiger partial charge in [0.2, 0.25) is 0 Å². The summed E-state index contributed by atoms with van der Waals surface area (Å²) in [5.74, 6) is 3.10. The highest BCUT2D eigenvalue weighted by molar-refractivity contribution is 5.35. The molecule has 0 aliphatic carbocycles. The van der Waals surface area contributed by atoms with Crippen LogP contribution >= 0.6 is 0 Å². The maximum atomic E-state index is 5.73. The van der Waals surface area contributed by atoms with Gasteiger partial charge in [-0.15, -0.1) is 0 Å². The van der Waals surface area contributed by atoms with Crippen LogP contribution in [-0.4, -0.2) is 18.2 Å². The van der Waals surface area contributed by atoms with Crippen LogP contribution in [0.1, 0.15) is 0 Å². The van der Waals surface area contributed by atoms with Gasteiger partial charge in [0.15, 0.2) is 0 Å². The summed E-state index contributed by atoms with van der Waals surface area (Å²) in [4.78, 5) is 3.99. The van der Waals surface area contributed by atoms with Crippen LogP contribution in [0.4, 0.5) is 0 Å². The van der Waals surface area contributed by atoms with Crippen LogP contribution in [0.25, 0.3) is 0 Å². The Morgan fingerprint density at radius 2 is 1.22 bits per heavy atom. The van der Waals surface area contributed by atoms with Crippen molar-refractivity contribution in [2.75, 3.05) is 13.2 Å². The van der Waals surface area contributed by atoms with Crippen LogP contribution in [0.3, 0.4) is 0 Å². The molecule has 116 valence electrons. The first-order valence-electron chi connectivity index (χ1n) is 7.39. The summed E-state index contributed by atoms with van der Waals surface area (Å²) in [6.45, 7) is 0.932. The first-order chi connectivity index (χ1) is 11.4. The lowest BCUT2D eigenvalue weighted by atomic mass is 10.3. The Labute approximate surface area is 135 Å².